The van der Waals surface area contributed by atoms with Gasteiger partial charge < -0.3 is 5.32 Å². The van der Waals surface area contributed by atoms with Gasteiger partial charge in [-0.05, 0) is 50.2 Å². The number of fused-ring (bicyclic) bond motifs is 2. The molecule has 5 nitrogen and oxygen atoms in total. The smallest absolute Gasteiger partial charge is 0.256 e. The van der Waals surface area contributed by atoms with Crippen LogP contribution in [-0.2, 0) is 0 Å². The third-order valence-corrected chi connectivity index (χ3v) is 4.18. The number of rotatable bonds is 2. The number of aryl methyl sites for hydroxylation is 2. The van der Waals surface area contributed by atoms with Crippen molar-refractivity contribution in [3.05, 3.63) is 71.5 Å². The number of aromatic nitrogens is 3. The van der Waals surface area contributed by atoms with Crippen LogP contribution in [0.15, 0.2) is 54.6 Å². The Hall–Kier alpha value is -3.34. The molecule has 0 aliphatic heterocycles. The summed E-state index contributed by atoms with van der Waals surface area (Å²) in [6, 6.07) is 16.9. The Kier molecular flexibility index (Phi) is 3.61. The predicted octanol–water partition coefficient (Wildman–Crippen LogP) is 4.05. The fourth-order valence-electron chi connectivity index (χ4n) is 2.70. The molecule has 0 unspecified atom stereocenters. The van der Waals surface area contributed by atoms with E-state index >= 15 is 0 Å². The average Bonchev–Trinajstić information content (AvgIpc) is 2.62. The van der Waals surface area contributed by atoms with Crippen LogP contribution < -0.4 is 5.32 Å². The first-order chi connectivity index (χ1) is 12.1. The largest absolute Gasteiger partial charge is 0.307 e. The number of nitrogens with one attached hydrogen (secondary N) is 1. The van der Waals surface area contributed by atoms with Gasteiger partial charge in [-0.15, -0.1) is 0 Å². The molecule has 0 saturated carbocycles. The van der Waals surface area contributed by atoms with E-state index in [1.807, 2.05) is 50.2 Å². The highest BCUT2D eigenvalue weighted by atomic mass is 16.1. The molecule has 122 valence electrons. The lowest BCUT2D eigenvalue weighted by Crippen LogP contribution is -2.13. The van der Waals surface area contributed by atoms with Gasteiger partial charge in [0.25, 0.3) is 5.91 Å². The Bertz CT molecular complexity index is 1120. The molecule has 1 N–H and O–H groups in total. The molecular weight excluding hydrogens is 312 g/mol. The molecule has 4 rings (SSSR count). The van der Waals surface area contributed by atoms with Gasteiger partial charge in [-0.3, -0.25) is 4.79 Å². The van der Waals surface area contributed by atoms with Crippen LogP contribution in [0.1, 0.15) is 21.7 Å². The van der Waals surface area contributed by atoms with Crippen molar-refractivity contribution < 1.29 is 4.79 Å². The quantitative estimate of drug-likeness (QED) is 0.603. The Morgan fingerprint density at radius 1 is 0.800 bits per heavy atom. The van der Waals surface area contributed by atoms with E-state index < -0.39 is 0 Å². The lowest BCUT2D eigenvalue weighted by molar-refractivity contribution is 0.102. The molecular formula is C20H16N4O. The van der Waals surface area contributed by atoms with E-state index in [-0.39, 0.29) is 5.91 Å². The summed E-state index contributed by atoms with van der Waals surface area (Å²) in [4.78, 5) is 26.0. The second-order valence-electron chi connectivity index (χ2n) is 5.94. The van der Waals surface area contributed by atoms with Crippen molar-refractivity contribution in [1.29, 1.82) is 0 Å². The van der Waals surface area contributed by atoms with Crippen LogP contribution >= 0.6 is 0 Å². The first-order valence-corrected chi connectivity index (χ1v) is 8.02. The summed E-state index contributed by atoms with van der Waals surface area (Å²) in [5.74, 6) is 0.305. The average molecular weight is 328 g/mol. The Morgan fingerprint density at radius 3 is 2.40 bits per heavy atom. The minimum Gasteiger partial charge on any atom is -0.307 e. The fraction of sp³-hybridized carbons (Fsp3) is 0.100. The molecule has 2 heterocycles. The molecule has 0 spiro atoms. The second kappa shape index (κ2) is 5.94. The summed E-state index contributed by atoms with van der Waals surface area (Å²) in [6.07, 6.45) is 0. The number of benzene rings is 2. The van der Waals surface area contributed by atoms with Gasteiger partial charge in [0.2, 0.25) is 0 Å². The van der Waals surface area contributed by atoms with Crippen molar-refractivity contribution in [3.8, 4) is 0 Å². The van der Waals surface area contributed by atoms with Gasteiger partial charge in [0.15, 0.2) is 0 Å². The fourth-order valence-corrected chi connectivity index (χ4v) is 2.70. The normalized spacial score (nSPS) is 11.0. The van der Waals surface area contributed by atoms with Gasteiger partial charge in [-0.2, -0.15) is 0 Å². The number of amides is 1. The molecule has 0 saturated heterocycles. The number of hydrogen-bond acceptors (Lipinski definition) is 4. The zero-order valence-corrected chi connectivity index (χ0v) is 13.9. The molecule has 1 amide bonds. The number of nitrogens with zero attached hydrogens (tertiary/aromatic N) is 3. The van der Waals surface area contributed by atoms with E-state index in [2.05, 4.69) is 20.3 Å². The van der Waals surface area contributed by atoms with Gasteiger partial charge >= 0.3 is 0 Å². The number of hydrogen-bond donors (Lipinski definition) is 1. The van der Waals surface area contributed by atoms with Gasteiger partial charge in [0.1, 0.15) is 5.82 Å². The highest BCUT2D eigenvalue weighted by molar-refractivity contribution is 6.05. The summed E-state index contributed by atoms with van der Waals surface area (Å²) in [5.41, 5.74) is 4.62. The number of anilines is 1. The van der Waals surface area contributed by atoms with Crippen LogP contribution in [0.3, 0.4) is 0 Å². The SMILES string of the molecule is Cc1nc2ccc(C(=O)Nc3ccc4ccccc4n3)cc2nc1C. The van der Waals surface area contributed by atoms with Crippen LogP contribution in [0.2, 0.25) is 0 Å². The molecule has 0 fully saturated rings. The molecule has 0 radical (unpaired) electrons. The van der Waals surface area contributed by atoms with Crippen LogP contribution in [0.5, 0.6) is 0 Å². The molecule has 4 aromatic rings. The third kappa shape index (κ3) is 2.92. The van der Waals surface area contributed by atoms with Crippen molar-refractivity contribution in [2.24, 2.45) is 0 Å². The topological polar surface area (TPSA) is 67.8 Å². The van der Waals surface area contributed by atoms with Crippen LogP contribution in [0, 0.1) is 13.8 Å². The van der Waals surface area contributed by atoms with Crippen LogP contribution in [0.25, 0.3) is 21.9 Å². The van der Waals surface area contributed by atoms with Gasteiger partial charge in [-0.1, -0.05) is 18.2 Å². The molecule has 25 heavy (non-hydrogen) atoms. The van der Waals surface area contributed by atoms with E-state index in [9.17, 15) is 4.79 Å². The van der Waals surface area contributed by atoms with Gasteiger partial charge in [0, 0.05) is 10.9 Å². The van der Waals surface area contributed by atoms with E-state index in [0.29, 0.717) is 16.9 Å². The second-order valence-corrected chi connectivity index (χ2v) is 5.94. The number of carbonyl (C=O) groups is 1. The predicted molar refractivity (Wildman–Crippen MR) is 98.7 cm³/mol. The number of para-hydroxylation sites is 1. The van der Waals surface area contributed by atoms with E-state index in [0.717, 1.165) is 27.8 Å². The summed E-state index contributed by atoms with van der Waals surface area (Å²) < 4.78 is 0. The highest BCUT2D eigenvalue weighted by Crippen LogP contribution is 2.17. The molecule has 2 aromatic carbocycles. The number of carbonyl (C=O) groups excluding carboxylic acids is 1. The Morgan fingerprint density at radius 2 is 1.56 bits per heavy atom. The highest BCUT2D eigenvalue weighted by Gasteiger charge is 2.10. The van der Waals surface area contributed by atoms with Gasteiger partial charge in [-0.25, -0.2) is 15.0 Å². The maximum atomic E-state index is 12.5. The van der Waals surface area contributed by atoms with Crippen molar-refractivity contribution >= 4 is 33.7 Å². The Balaban J connectivity index is 1.65. The standard InChI is InChI=1S/C20H16N4O/c1-12-13(2)22-18-11-15(7-9-17(18)21-12)20(25)24-19-10-8-14-5-3-4-6-16(14)23-19/h3-11H,1-2H3,(H,23,24,25). The molecule has 0 aliphatic rings. The minimum atomic E-state index is -0.218. The third-order valence-electron chi connectivity index (χ3n) is 4.18. The summed E-state index contributed by atoms with van der Waals surface area (Å²) in [7, 11) is 0. The zero-order valence-electron chi connectivity index (χ0n) is 13.9. The van der Waals surface area contributed by atoms with Crippen molar-refractivity contribution in [1.82, 2.24) is 15.0 Å². The molecule has 5 heteroatoms. The minimum absolute atomic E-state index is 0.218. The van der Waals surface area contributed by atoms with Crippen LogP contribution in [0.4, 0.5) is 5.82 Å². The van der Waals surface area contributed by atoms with E-state index in [4.69, 9.17) is 0 Å². The number of pyridine rings is 1. The van der Waals surface area contributed by atoms with Gasteiger partial charge in [0.05, 0.1) is 27.9 Å². The van der Waals surface area contributed by atoms with E-state index in [1.54, 1.807) is 18.2 Å². The lowest BCUT2D eigenvalue weighted by atomic mass is 10.1. The maximum Gasteiger partial charge on any atom is 0.256 e. The summed E-state index contributed by atoms with van der Waals surface area (Å²) >= 11 is 0. The Labute approximate surface area is 144 Å². The monoisotopic (exact) mass is 328 g/mol. The first-order valence-electron chi connectivity index (χ1n) is 8.02. The zero-order chi connectivity index (χ0) is 17.4. The molecule has 0 bridgehead atoms. The van der Waals surface area contributed by atoms with E-state index in [1.165, 1.54) is 0 Å². The molecule has 0 atom stereocenters. The molecule has 2 aromatic heterocycles. The summed E-state index contributed by atoms with van der Waals surface area (Å²) in [5, 5.41) is 3.88. The van der Waals surface area contributed by atoms with Crippen LogP contribution in [-0.4, -0.2) is 20.9 Å². The first kappa shape index (κ1) is 15.2. The maximum absolute atomic E-state index is 12.5. The summed E-state index contributed by atoms with van der Waals surface area (Å²) in [6.45, 7) is 3.83. The van der Waals surface area contributed by atoms with Crippen molar-refractivity contribution in [2.75, 3.05) is 5.32 Å². The molecule has 0 aliphatic carbocycles. The van der Waals surface area contributed by atoms with Crippen molar-refractivity contribution in [2.45, 2.75) is 13.8 Å². The lowest BCUT2D eigenvalue weighted by Gasteiger charge is -2.07. The van der Waals surface area contributed by atoms with Crippen molar-refractivity contribution in [3.63, 3.8) is 0 Å².